The summed E-state index contributed by atoms with van der Waals surface area (Å²) in [7, 11) is 0. The Morgan fingerprint density at radius 3 is 2.71 bits per heavy atom. The van der Waals surface area contributed by atoms with Crippen molar-refractivity contribution in [2.24, 2.45) is 0 Å². The van der Waals surface area contributed by atoms with Crippen LogP contribution in [-0.2, 0) is 0 Å². The second kappa shape index (κ2) is 3.89. The van der Waals surface area contributed by atoms with Gasteiger partial charge in [-0.3, -0.25) is 4.79 Å². The number of para-hydroxylation sites is 1. The molecular formula is C13H7BrO3. The lowest BCUT2D eigenvalue weighted by Gasteiger charge is -1.91. The monoisotopic (exact) mass is 290 g/mol. The number of ketones is 1. The van der Waals surface area contributed by atoms with Crippen LogP contribution in [0, 0.1) is 0 Å². The van der Waals surface area contributed by atoms with Crippen molar-refractivity contribution in [3.8, 4) is 0 Å². The number of carbonyl (C=O) groups is 1. The van der Waals surface area contributed by atoms with Crippen LogP contribution in [0.1, 0.15) is 16.3 Å². The van der Waals surface area contributed by atoms with Gasteiger partial charge in [0.05, 0.1) is 10.7 Å². The van der Waals surface area contributed by atoms with Gasteiger partial charge in [0.15, 0.2) is 11.5 Å². The van der Waals surface area contributed by atoms with Gasteiger partial charge in [0.2, 0.25) is 0 Å². The van der Waals surface area contributed by atoms with E-state index in [1.165, 1.54) is 6.26 Å². The lowest BCUT2D eigenvalue weighted by atomic mass is 10.2. The van der Waals surface area contributed by atoms with Crippen molar-refractivity contribution >= 4 is 32.7 Å². The third kappa shape index (κ3) is 1.70. The normalized spacial score (nSPS) is 10.9. The molecule has 0 aliphatic heterocycles. The number of carbonyl (C=O) groups excluding carboxylic acids is 1. The maximum absolute atomic E-state index is 12.0. The average Bonchev–Trinajstić information content (AvgIpc) is 2.98. The van der Waals surface area contributed by atoms with Crippen molar-refractivity contribution in [3.63, 3.8) is 0 Å². The Bertz CT molecular complexity index is 680. The summed E-state index contributed by atoms with van der Waals surface area (Å²) in [6, 6.07) is 10.7. The second-order valence-corrected chi connectivity index (χ2v) is 4.43. The number of furan rings is 2. The van der Waals surface area contributed by atoms with Gasteiger partial charge < -0.3 is 8.83 Å². The average molecular weight is 291 g/mol. The summed E-state index contributed by atoms with van der Waals surface area (Å²) in [5.74, 6) is 0.306. The molecule has 84 valence electrons. The molecule has 0 unspecified atom stereocenters. The minimum absolute atomic E-state index is 0.252. The third-order valence-corrected chi connectivity index (χ3v) is 3.09. The molecular weight excluding hydrogens is 284 g/mol. The Morgan fingerprint density at radius 2 is 2.00 bits per heavy atom. The fourth-order valence-corrected chi connectivity index (χ4v) is 2.13. The van der Waals surface area contributed by atoms with Crippen LogP contribution in [0.4, 0.5) is 0 Å². The quantitative estimate of drug-likeness (QED) is 0.670. The van der Waals surface area contributed by atoms with Crippen molar-refractivity contribution in [2.75, 3.05) is 0 Å². The minimum Gasteiger partial charge on any atom is -0.461 e. The molecule has 17 heavy (non-hydrogen) atoms. The Balaban J connectivity index is 2.13. The van der Waals surface area contributed by atoms with Gasteiger partial charge >= 0.3 is 0 Å². The maximum Gasteiger partial charge on any atom is 0.263 e. The fraction of sp³-hybridized carbons (Fsp3) is 0. The zero-order valence-corrected chi connectivity index (χ0v) is 10.2. The van der Waals surface area contributed by atoms with Gasteiger partial charge in [-0.25, -0.2) is 0 Å². The molecule has 3 nitrogen and oxygen atoms in total. The van der Waals surface area contributed by atoms with Gasteiger partial charge in [0.25, 0.3) is 5.78 Å². The predicted molar refractivity (Wildman–Crippen MR) is 66.1 cm³/mol. The summed E-state index contributed by atoms with van der Waals surface area (Å²) in [4.78, 5) is 12.0. The van der Waals surface area contributed by atoms with E-state index in [2.05, 4.69) is 15.9 Å². The SMILES string of the molecule is O=C(c1ccco1)c1cc2cccc(Br)c2o1. The van der Waals surface area contributed by atoms with E-state index in [0.717, 1.165) is 9.86 Å². The number of benzene rings is 1. The van der Waals surface area contributed by atoms with Crippen LogP contribution in [0.2, 0.25) is 0 Å². The van der Waals surface area contributed by atoms with Crippen molar-refractivity contribution in [1.82, 2.24) is 0 Å². The minimum atomic E-state index is -0.252. The highest BCUT2D eigenvalue weighted by atomic mass is 79.9. The number of halogens is 1. The Morgan fingerprint density at radius 1 is 1.12 bits per heavy atom. The lowest BCUT2D eigenvalue weighted by molar-refractivity contribution is 0.0985. The van der Waals surface area contributed by atoms with E-state index in [0.29, 0.717) is 5.58 Å². The molecule has 3 aromatic rings. The summed E-state index contributed by atoms with van der Waals surface area (Å²) < 4.78 is 11.4. The molecule has 1 aromatic carbocycles. The predicted octanol–water partition coefficient (Wildman–Crippen LogP) is 4.02. The molecule has 0 saturated carbocycles. The van der Waals surface area contributed by atoms with Crippen molar-refractivity contribution in [3.05, 3.63) is 58.7 Å². The first-order valence-corrected chi connectivity index (χ1v) is 5.81. The highest BCUT2D eigenvalue weighted by Crippen LogP contribution is 2.28. The molecule has 3 rings (SSSR count). The van der Waals surface area contributed by atoms with Crippen LogP contribution in [0.15, 0.2) is 56.0 Å². The summed E-state index contributed by atoms with van der Waals surface area (Å²) in [5, 5.41) is 0.884. The Hall–Kier alpha value is -1.81. The molecule has 0 radical (unpaired) electrons. The smallest absolute Gasteiger partial charge is 0.263 e. The van der Waals surface area contributed by atoms with E-state index in [4.69, 9.17) is 8.83 Å². The van der Waals surface area contributed by atoms with Crippen LogP contribution in [0.5, 0.6) is 0 Å². The molecule has 4 heteroatoms. The molecule has 0 amide bonds. The zero-order chi connectivity index (χ0) is 11.8. The maximum atomic E-state index is 12.0. The molecule has 2 aromatic heterocycles. The van der Waals surface area contributed by atoms with Gasteiger partial charge in [-0.1, -0.05) is 12.1 Å². The molecule has 0 fully saturated rings. The second-order valence-electron chi connectivity index (χ2n) is 3.58. The summed E-state index contributed by atoms with van der Waals surface area (Å²) in [6.45, 7) is 0. The zero-order valence-electron chi connectivity index (χ0n) is 8.64. The van der Waals surface area contributed by atoms with Crippen molar-refractivity contribution < 1.29 is 13.6 Å². The van der Waals surface area contributed by atoms with E-state index in [1.807, 2.05) is 18.2 Å². The number of hydrogen-bond donors (Lipinski definition) is 0. The van der Waals surface area contributed by atoms with E-state index in [9.17, 15) is 4.79 Å². The van der Waals surface area contributed by atoms with Crippen LogP contribution in [0.25, 0.3) is 11.0 Å². The van der Waals surface area contributed by atoms with E-state index in [1.54, 1.807) is 18.2 Å². The first kappa shape index (κ1) is 10.4. The molecule has 0 bridgehead atoms. The molecule has 0 aliphatic carbocycles. The Kier molecular flexibility index (Phi) is 2.37. The first-order valence-electron chi connectivity index (χ1n) is 5.02. The van der Waals surface area contributed by atoms with Crippen molar-refractivity contribution in [1.29, 1.82) is 0 Å². The molecule has 2 heterocycles. The summed E-state index contributed by atoms with van der Waals surface area (Å²) in [5.41, 5.74) is 0.669. The highest BCUT2D eigenvalue weighted by molar-refractivity contribution is 9.10. The molecule has 0 saturated heterocycles. The van der Waals surface area contributed by atoms with Gasteiger partial charge in [0.1, 0.15) is 5.58 Å². The number of fused-ring (bicyclic) bond motifs is 1. The molecule has 0 spiro atoms. The van der Waals surface area contributed by atoms with Gasteiger partial charge in [-0.15, -0.1) is 0 Å². The first-order chi connectivity index (χ1) is 8.25. The highest BCUT2D eigenvalue weighted by Gasteiger charge is 2.17. The van der Waals surface area contributed by atoms with Gasteiger partial charge in [-0.2, -0.15) is 0 Å². The van der Waals surface area contributed by atoms with E-state index >= 15 is 0 Å². The fourth-order valence-electron chi connectivity index (χ4n) is 1.67. The van der Waals surface area contributed by atoms with E-state index in [-0.39, 0.29) is 17.3 Å². The van der Waals surface area contributed by atoms with E-state index < -0.39 is 0 Å². The number of rotatable bonds is 2. The third-order valence-electron chi connectivity index (χ3n) is 2.46. The summed E-state index contributed by atoms with van der Waals surface area (Å²) >= 11 is 3.38. The van der Waals surface area contributed by atoms with Crippen LogP contribution >= 0.6 is 15.9 Å². The van der Waals surface area contributed by atoms with Crippen LogP contribution in [-0.4, -0.2) is 5.78 Å². The van der Waals surface area contributed by atoms with Crippen LogP contribution in [0.3, 0.4) is 0 Å². The largest absolute Gasteiger partial charge is 0.461 e. The number of hydrogen-bond acceptors (Lipinski definition) is 3. The van der Waals surface area contributed by atoms with Crippen LogP contribution < -0.4 is 0 Å². The molecule has 0 atom stereocenters. The molecule has 0 N–H and O–H groups in total. The Labute approximate surface area is 105 Å². The van der Waals surface area contributed by atoms with Gasteiger partial charge in [0, 0.05) is 5.39 Å². The van der Waals surface area contributed by atoms with Crippen molar-refractivity contribution in [2.45, 2.75) is 0 Å². The molecule has 0 aliphatic rings. The standard InChI is InChI=1S/C13H7BrO3/c14-9-4-1-3-8-7-11(17-13(8)9)12(15)10-5-2-6-16-10/h1-7H. The van der Waals surface area contributed by atoms with Gasteiger partial charge in [-0.05, 0) is 40.2 Å². The lowest BCUT2D eigenvalue weighted by Crippen LogP contribution is -1.96. The topological polar surface area (TPSA) is 43.4 Å². The summed E-state index contributed by atoms with van der Waals surface area (Å²) in [6.07, 6.45) is 1.46.